The van der Waals surface area contributed by atoms with Gasteiger partial charge in [-0.25, -0.2) is 0 Å². The second-order valence-electron chi connectivity index (χ2n) is 9.48. The molecule has 2 aliphatic carbocycles. The Morgan fingerprint density at radius 3 is 2.42 bits per heavy atom. The molecule has 1 fully saturated rings. The van der Waals surface area contributed by atoms with Crippen LogP contribution in [-0.2, 0) is 12.8 Å². The van der Waals surface area contributed by atoms with Crippen molar-refractivity contribution >= 4 is 0 Å². The minimum Gasteiger partial charge on any atom is -0.435 e. The van der Waals surface area contributed by atoms with Crippen molar-refractivity contribution in [3.05, 3.63) is 47.7 Å². The van der Waals surface area contributed by atoms with Gasteiger partial charge in [-0.05, 0) is 85.8 Å². The summed E-state index contributed by atoms with van der Waals surface area (Å²) in [7, 11) is 0. The Morgan fingerprint density at radius 2 is 1.71 bits per heavy atom. The minimum absolute atomic E-state index is 0.180. The van der Waals surface area contributed by atoms with E-state index in [9.17, 15) is 8.78 Å². The van der Waals surface area contributed by atoms with Gasteiger partial charge in [-0.1, -0.05) is 51.5 Å². The molecule has 4 heteroatoms. The topological polar surface area (TPSA) is 22.1 Å². The fraction of sp³-hybridized carbons (Fsp3) is 0.593. The number of benzene rings is 1. The number of unbranched alkanes of at least 4 members (excludes halogenated alkanes) is 2. The molecule has 2 nitrogen and oxygen atoms in total. The molecule has 1 atom stereocenters. The molecular formula is C27H35F2NO. The number of aromatic nitrogens is 1. The second-order valence-corrected chi connectivity index (χ2v) is 9.48. The number of hydrogen-bond donors (Lipinski definition) is 0. The minimum atomic E-state index is -2.79. The highest BCUT2D eigenvalue weighted by Gasteiger charge is 2.30. The summed E-state index contributed by atoms with van der Waals surface area (Å²) in [4.78, 5) is 4.92. The van der Waals surface area contributed by atoms with Crippen LogP contribution in [0, 0.1) is 17.8 Å². The van der Waals surface area contributed by atoms with E-state index in [1.807, 2.05) is 0 Å². The molecule has 0 bridgehead atoms. The molecule has 1 saturated carbocycles. The third kappa shape index (κ3) is 5.84. The van der Waals surface area contributed by atoms with Gasteiger partial charge in [0, 0.05) is 11.3 Å². The lowest BCUT2D eigenvalue weighted by Crippen LogP contribution is -2.27. The highest BCUT2D eigenvalue weighted by atomic mass is 19.3. The van der Waals surface area contributed by atoms with Gasteiger partial charge in [-0.15, -0.1) is 0 Å². The Balaban J connectivity index is 1.33. The number of alkyl halides is 2. The summed E-state index contributed by atoms with van der Waals surface area (Å²) < 4.78 is 29.1. The lowest BCUT2D eigenvalue weighted by Gasteiger charge is -2.36. The fourth-order valence-electron chi connectivity index (χ4n) is 5.64. The van der Waals surface area contributed by atoms with Gasteiger partial charge in [0.1, 0.15) is 5.75 Å². The van der Waals surface area contributed by atoms with Crippen molar-refractivity contribution in [2.24, 2.45) is 17.8 Å². The predicted molar refractivity (Wildman–Crippen MR) is 121 cm³/mol. The molecule has 0 unspecified atom stereocenters. The molecule has 0 N–H and O–H groups in total. The van der Waals surface area contributed by atoms with Crippen molar-refractivity contribution in [2.45, 2.75) is 84.2 Å². The average molecular weight is 428 g/mol. The van der Waals surface area contributed by atoms with Crippen molar-refractivity contribution in [3.8, 4) is 17.0 Å². The first-order valence-electron chi connectivity index (χ1n) is 12.2. The normalized spacial score (nSPS) is 23.5. The van der Waals surface area contributed by atoms with Gasteiger partial charge >= 0.3 is 6.61 Å². The molecule has 4 rings (SSSR count). The zero-order valence-electron chi connectivity index (χ0n) is 18.7. The van der Waals surface area contributed by atoms with E-state index in [1.165, 1.54) is 69.0 Å². The highest BCUT2D eigenvalue weighted by Crippen LogP contribution is 2.40. The molecule has 1 aromatic carbocycles. The van der Waals surface area contributed by atoms with Gasteiger partial charge in [-0.2, -0.15) is 8.78 Å². The maximum Gasteiger partial charge on any atom is 0.387 e. The van der Waals surface area contributed by atoms with Crippen LogP contribution in [0.15, 0.2) is 36.4 Å². The number of nitrogens with zero attached hydrogens (tertiary/aromatic N) is 1. The molecule has 0 radical (unpaired) electrons. The van der Waals surface area contributed by atoms with Crippen molar-refractivity contribution in [1.82, 2.24) is 4.98 Å². The number of rotatable bonds is 8. The number of hydrogen-bond acceptors (Lipinski definition) is 2. The number of fused-ring (bicyclic) bond motifs is 1. The Morgan fingerprint density at radius 1 is 0.935 bits per heavy atom. The molecule has 1 aromatic heterocycles. The van der Waals surface area contributed by atoms with Crippen LogP contribution in [0.1, 0.15) is 76.0 Å². The van der Waals surface area contributed by atoms with Crippen LogP contribution in [-0.4, -0.2) is 11.6 Å². The van der Waals surface area contributed by atoms with E-state index in [2.05, 4.69) is 23.8 Å². The predicted octanol–water partition coefficient (Wildman–Crippen LogP) is 7.84. The van der Waals surface area contributed by atoms with Gasteiger partial charge < -0.3 is 4.74 Å². The summed E-state index contributed by atoms with van der Waals surface area (Å²) in [5.41, 5.74) is 4.47. The average Bonchev–Trinajstić information content (AvgIpc) is 2.79. The van der Waals surface area contributed by atoms with Crippen molar-refractivity contribution in [2.75, 3.05) is 0 Å². The maximum absolute atomic E-state index is 12.3. The summed E-state index contributed by atoms with van der Waals surface area (Å²) in [6, 6.07) is 11.1. The first kappa shape index (κ1) is 22.2. The first-order chi connectivity index (χ1) is 15.1. The molecule has 0 amide bonds. The fourth-order valence-corrected chi connectivity index (χ4v) is 5.64. The molecule has 1 heterocycles. The van der Waals surface area contributed by atoms with Crippen LogP contribution in [0.25, 0.3) is 11.3 Å². The molecule has 0 saturated heterocycles. The molecule has 2 aliphatic rings. The van der Waals surface area contributed by atoms with Crippen molar-refractivity contribution in [1.29, 1.82) is 0 Å². The SMILES string of the molecule is CCCCCC1CCC([C@H]2CCc3nc(-c4ccc(OC(F)F)cc4)ccc3C2)CC1. The van der Waals surface area contributed by atoms with Crippen molar-refractivity contribution < 1.29 is 13.5 Å². The van der Waals surface area contributed by atoms with E-state index in [4.69, 9.17) is 4.98 Å². The van der Waals surface area contributed by atoms with Gasteiger partial charge in [-0.3, -0.25) is 4.98 Å². The summed E-state index contributed by atoms with van der Waals surface area (Å²) in [6.45, 7) is -0.506. The van der Waals surface area contributed by atoms with Crippen molar-refractivity contribution in [3.63, 3.8) is 0 Å². The Hall–Kier alpha value is -1.97. The zero-order chi connectivity index (χ0) is 21.6. The number of ether oxygens (including phenoxy) is 1. The van der Waals surface area contributed by atoms with Gasteiger partial charge in [0.15, 0.2) is 0 Å². The first-order valence-corrected chi connectivity index (χ1v) is 12.2. The van der Waals surface area contributed by atoms with E-state index < -0.39 is 6.61 Å². The number of pyridine rings is 1. The summed E-state index contributed by atoms with van der Waals surface area (Å²) >= 11 is 0. The van der Waals surface area contributed by atoms with E-state index >= 15 is 0 Å². The maximum atomic E-state index is 12.3. The zero-order valence-corrected chi connectivity index (χ0v) is 18.7. The van der Waals surface area contributed by atoms with E-state index in [-0.39, 0.29) is 5.75 Å². The largest absolute Gasteiger partial charge is 0.435 e. The monoisotopic (exact) mass is 427 g/mol. The quantitative estimate of drug-likeness (QED) is 0.400. The third-order valence-electron chi connectivity index (χ3n) is 7.45. The van der Waals surface area contributed by atoms with Gasteiger partial charge in [0.25, 0.3) is 0 Å². The number of halogens is 2. The van der Waals surface area contributed by atoms with Crippen LogP contribution in [0.5, 0.6) is 5.75 Å². The lowest BCUT2D eigenvalue weighted by atomic mass is 9.70. The molecular weight excluding hydrogens is 392 g/mol. The van der Waals surface area contributed by atoms with Crippen LogP contribution < -0.4 is 4.74 Å². The third-order valence-corrected chi connectivity index (χ3v) is 7.45. The van der Waals surface area contributed by atoms with Gasteiger partial charge in [0.2, 0.25) is 0 Å². The summed E-state index contributed by atoms with van der Waals surface area (Å²) in [6.07, 6.45) is 14.7. The second kappa shape index (κ2) is 10.6. The van der Waals surface area contributed by atoms with Crippen LogP contribution in [0.4, 0.5) is 8.78 Å². The highest BCUT2D eigenvalue weighted by molar-refractivity contribution is 5.60. The Labute approximate surface area is 185 Å². The number of aryl methyl sites for hydroxylation is 1. The molecule has 31 heavy (non-hydrogen) atoms. The van der Waals surface area contributed by atoms with Crippen LogP contribution in [0.3, 0.4) is 0 Å². The Bertz CT molecular complexity index is 828. The van der Waals surface area contributed by atoms with E-state index in [0.29, 0.717) is 0 Å². The van der Waals surface area contributed by atoms with Crippen LogP contribution in [0.2, 0.25) is 0 Å². The molecule has 0 aliphatic heterocycles. The lowest BCUT2D eigenvalue weighted by molar-refractivity contribution is -0.0498. The van der Waals surface area contributed by atoms with E-state index in [0.717, 1.165) is 41.9 Å². The summed E-state index contributed by atoms with van der Waals surface area (Å²) in [5, 5.41) is 0. The van der Waals surface area contributed by atoms with Gasteiger partial charge in [0.05, 0.1) is 5.69 Å². The summed E-state index contributed by atoms with van der Waals surface area (Å²) in [5.74, 6) is 2.85. The molecule has 168 valence electrons. The molecule has 0 spiro atoms. The van der Waals surface area contributed by atoms with Crippen LogP contribution >= 0.6 is 0 Å². The Kier molecular flexibility index (Phi) is 7.58. The standard InChI is InChI=1S/C27H35F2NO/c1-2-3-4-5-19-6-8-20(9-7-19)22-12-16-26-23(18-22)13-17-25(30-26)21-10-14-24(15-11-21)31-27(28)29/h10-11,13-15,17,19-20,22,27H,2-9,12,16,18H2,1H3/t19?,20?,22-/m0/s1. The molecule has 2 aromatic rings. The smallest absolute Gasteiger partial charge is 0.387 e. The van der Waals surface area contributed by atoms with E-state index in [1.54, 1.807) is 24.3 Å².